The zero-order chi connectivity index (χ0) is 18.5. The Balaban J connectivity index is 1.28. The average molecular weight is 367 g/mol. The Labute approximate surface area is 162 Å². The predicted molar refractivity (Wildman–Crippen MR) is 108 cm³/mol. The largest absolute Gasteiger partial charge is 0.491 e. The van der Waals surface area contributed by atoms with Gasteiger partial charge in [0.15, 0.2) is 0 Å². The Morgan fingerprint density at radius 1 is 0.963 bits per heavy atom. The molecule has 1 N–H and O–H groups in total. The van der Waals surface area contributed by atoms with Crippen molar-refractivity contribution < 1.29 is 9.84 Å². The Kier molecular flexibility index (Phi) is 6.07. The molecule has 1 heterocycles. The third kappa shape index (κ3) is 4.70. The number of hydrogen-bond acceptors (Lipinski definition) is 4. The molecule has 0 aromatic heterocycles. The Bertz CT molecular complexity index is 741. The van der Waals surface area contributed by atoms with Crippen molar-refractivity contribution in [3.63, 3.8) is 0 Å². The van der Waals surface area contributed by atoms with Crippen LogP contribution in [0.4, 0.5) is 0 Å². The fourth-order valence-corrected chi connectivity index (χ4v) is 4.43. The lowest BCUT2D eigenvalue weighted by atomic mass is 9.87. The second-order valence-corrected chi connectivity index (χ2v) is 7.70. The van der Waals surface area contributed by atoms with Crippen LogP contribution in [-0.2, 0) is 19.4 Å². The van der Waals surface area contributed by atoms with E-state index >= 15 is 0 Å². The van der Waals surface area contributed by atoms with Gasteiger partial charge in [-0.1, -0.05) is 36.4 Å². The summed E-state index contributed by atoms with van der Waals surface area (Å²) in [5.74, 6) is 0.848. The van der Waals surface area contributed by atoms with Crippen molar-refractivity contribution in [1.29, 1.82) is 0 Å². The summed E-state index contributed by atoms with van der Waals surface area (Å²) in [4.78, 5) is 5.24. The minimum Gasteiger partial charge on any atom is -0.491 e. The number of aryl methyl sites for hydroxylation is 1. The molecule has 1 fully saturated rings. The van der Waals surface area contributed by atoms with Gasteiger partial charge in [0.1, 0.15) is 12.4 Å². The van der Waals surface area contributed by atoms with Crippen LogP contribution in [0.2, 0.25) is 0 Å². The third-order valence-corrected chi connectivity index (χ3v) is 5.91. The average Bonchev–Trinajstić information content (AvgIpc) is 2.73. The second kappa shape index (κ2) is 8.87. The molecule has 1 saturated heterocycles. The summed E-state index contributed by atoms with van der Waals surface area (Å²) >= 11 is 0. The maximum absolute atomic E-state index is 8.91. The highest BCUT2D eigenvalue weighted by molar-refractivity contribution is 5.30. The summed E-state index contributed by atoms with van der Waals surface area (Å²) in [5, 5.41) is 8.91. The van der Waals surface area contributed by atoms with Crippen LogP contribution >= 0.6 is 0 Å². The molecule has 4 nitrogen and oxygen atoms in total. The van der Waals surface area contributed by atoms with Crippen molar-refractivity contribution in [3.05, 3.63) is 65.2 Å². The molecule has 0 unspecified atom stereocenters. The lowest BCUT2D eigenvalue weighted by Crippen LogP contribution is -2.51. The van der Waals surface area contributed by atoms with Crippen LogP contribution in [0.5, 0.6) is 5.75 Å². The van der Waals surface area contributed by atoms with Gasteiger partial charge in [-0.3, -0.25) is 9.80 Å². The SMILES string of the molecule is OCCOc1cccc(CN2CCN([C@@H]3CCc4ccccc4C3)CC2)c1. The highest BCUT2D eigenvalue weighted by Crippen LogP contribution is 2.25. The maximum Gasteiger partial charge on any atom is 0.119 e. The monoisotopic (exact) mass is 366 g/mol. The van der Waals surface area contributed by atoms with Gasteiger partial charge in [0, 0.05) is 38.8 Å². The summed E-state index contributed by atoms with van der Waals surface area (Å²) in [6.07, 6.45) is 3.73. The number of rotatable bonds is 6. The molecule has 4 rings (SSSR count). The number of ether oxygens (including phenoxy) is 1. The number of aliphatic hydroxyl groups is 1. The molecule has 0 bridgehead atoms. The van der Waals surface area contributed by atoms with Gasteiger partial charge >= 0.3 is 0 Å². The van der Waals surface area contributed by atoms with Crippen LogP contribution in [0, 0.1) is 0 Å². The zero-order valence-electron chi connectivity index (χ0n) is 16.0. The summed E-state index contributed by atoms with van der Waals surface area (Å²) in [6.45, 7) is 5.95. The Morgan fingerprint density at radius 2 is 1.78 bits per heavy atom. The van der Waals surface area contributed by atoms with E-state index in [1.165, 1.54) is 24.8 Å². The number of benzene rings is 2. The number of aliphatic hydroxyl groups excluding tert-OH is 1. The molecule has 4 heteroatoms. The molecule has 0 spiro atoms. The normalized spacial score (nSPS) is 21.0. The molecular weight excluding hydrogens is 336 g/mol. The topological polar surface area (TPSA) is 35.9 Å². The molecule has 27 heavy (non-hydrogen) atoms. The smallest absolute Gasteiger partial charge is 0.119 e. The van der Waals surface area contributed by atoms with E-state index in [4.69, 9.17) is 9.84 Å². The standard InChI is InChI=1S/C23H30N2O2/c26-14-15-27-23-7-3-4-19(16-23)18-24-10-12-25(13-11-24)22-9-8-20-5-1-2-6-21(20)17-22/h1-7,16,22,26H,8-15,17-18H2/t22-/m1/s1. The molecule has 2 aliphatic rings. The molecule has 0 amide bonds. The Morgan fingerprint density at radius 3 is 2.59 bits per heavy atom. The first-order valence-corrected chi connectivity index (χ1v) is 10.2. The van der Waals surface area contributed by atoms with E-state index in [0.29, 0.717) is 12.6 Å². The minimum absolute atomic E-state index is 0.0534. The summed E-state index contributed by atoms with van der Waals surface area (Å²) in [7, 11) is 0. The first-order valence-electron chi connectivity index (χ1n) is 10.2. The molecule has 2 aromatic rings. The van der Waals surface area contributed by atoms with Crippen LogP contribution in [0.1, 0.15) is 23.1 Å². The number of nitrogens with zero attached hydrogens (tertiary/aromatic N) is 2. The van der Waals surface area contributed by atoms with Crippen molar-refractivity contribution in [2.45, 2.75) is 31.8 Å². The van der Waals surface area contributed by atoms with Gasteiger partial charge < -0.3 is 9.84 Å². The van der Waals surface area contributed by atoms with Gasteiger partial charge in [-0.05, 0) is 48.1 Å². The lowest BCUT2D eigenvalue weighted by molar-refractivity contribution is 0.0856. The van der Waals surface area contributed by atoms with E-state index < -0.39 is 0 Å². The highest BCUT2D eigenvalue weighted by atomic mass is 16.5. The van der Waals surface area contributed by atoms with Crippen molar-refractivity contribution >= 4 is 0 Å². The molecule has 2 aromatic carbocycles. The molecule has 1 aliphatic carbocycles. The van der Waals surface area contributed by atoms with E-state index in [-0.39, 0.29) is 6.61 Å². The predicted octanol–water partition coefficient (Wildman–Crippen LogP) is 2.73. The van der Waals surface area contributed by atoms with Crippen LogP contribution in [-0.4, -0.2) is 60.3 Å². The molecule has 1 aliphatic heterocycles. The quantitative estimate of drug-likeness (QED) is 0.853. The van der Waals surface area contributed by atoms with Crippen molar-refractivity contribution in [3.8, 4) is 5.75 Å². The summed E-state index contributed by atoms with van der Waals surface area (Å²) < 4.78 is 5.53. The summed E-state index contributed by atoms with van der Waals surface area (Å²) in [6, 6.07) is 17.9. The molecule has 1 atom stereocenters. The van der Waals surface area contributed by atoms with Gasteiger partial charge in [0.25, 0.3) is 0 Å². The van der Waals surface area contributed by atoms with Gasteiger partial charge in [0.05, 0.1) is 6.61 Å². The fraction of sp³-hybridized carbons (Fsp3) is 0.478. The fourth-order valence-electron chi connectivity index (χ4n) is 4.43. The van der Waals surface area contributed by atoms with E-state index in [9.17, 15) is 0 Å². The molecule has 144 valence electrons. The Hall–Kier alpha value is -1.88. The van der Waals surface area contributed by atoms with Gasteiger partial charge in [-0.2, -0.15) is 0 Å². The van der Waals surface area contributed by atoms with Crippen LogP contribution in [0.15, 0.2) is 48.5 Å². The third-order valence-electron chi connectivity index (χ3n) is 5.91. The lowest BCUT2D eigenvalue weighted by Gasteiger charge is -2.41. The molecule has 0 radical (unpaired) electrons. The molecule has 0 saturated carbocycles. The van der Waals surface area contributed by atoms with E-state index in [0.717, 1.165) is 38.5 Å². The number of hydrogen-bond donors (Lipinski definition) is 1. The minimum atomic E-state index is 0.0534. The van der Waals surface area contributed by atoms with Crippen LogP contribution in [0.3, 0.4) is 0 Å². The number of piperazine rings is 1. The van der Waals surface area contributed by atoms with Crippen molar-refractivity contribution in [1.82, 2.24) is 9.80 Å². The van der Waals surface area contributed by atoms with E-state index in [1.54, 1.807) is 11.1 Å². The number of fused-ring (bicyclic) bond motifs is 1. The first-order chi connectivity index (χ1) is 13.3. The summed E-state index contributed by atoms with van der Waals surface area (Å²) in [5.41, 5.74) is 4.39. The van der Waals surface area contributed by atoms with E-state index in [1.807, 2.05) is 12.1 Å². The maximum atomic E-state index is 8.91. The van der Waals surface area contributed by atoms with Crippen LogP contribution in [0.25, 0.3) is 0 Å². The van der Waals surface area contributed by atoms with Gasteiger partial charge in [0.2, 0.25) is 0 Å². The first kappa shape index (κ1) is 18.5. The van der Waals surface area contributed by atoms with E-state index in [2.05, 4.69) is 46.2 Å². The van der Waals surface area contributed by atoms with Gasteiger partial charge in [-0.15, -0.1) is 0 Å². The van der Waals surface area contributed by atoms with Crippen molar-refractivity contribution in [2.75, 3.05) is 39.4 Å². The van der Waals surface area contributed by atoms with Gasteiger partial charge in [-0.25, -0.2) is 0 Å². The highest BCUT2D eigenvalue weighted by Gasteiger charge is 2.27. The zero-order valence-corrected chi connectivity index (χ0v) is 16.0. The van der Waals surface area contributed by atoms with Crippen LogP contribution < -0.4 is 4.74 Å². The second-order valence-electron chi connectivity index (χ2n) is 7.70. The molecular formula is C23H30N2O2. The van der Waals surface area contributed by atoms with Crippen molar-refractivity contribution in [2.24, 2.45) is 0 Å².